The van der Waals surface area contributed by atoms with Crippen LogP contribution in [-0.2, 0) is 0 Å². The van der Waals surface area contributed by atoms with Crippen LogP contribution in [0.25, 0.3) is 0 Å². The van der Waals surface area contributed by atoms with Crippen LogP contribution in [0, 0.1) is 0 Å². The summed E-state index contributed by atoms with van der Waals surface area (Å²) in [5.74, 6) is 0. The molecule has 0 aromatic carbocycles. The Hall–Kier alpha value is -0.720. The quantitative estimate of drug-likeness (QED) is 0.514. The van der Waals surface area contributed by atoms with Crippen LogP contribution >= 0.6 is 0 Å². The van der Waals surface area contributed by atoms with Gasteiger partial charge < -0.3 is 5.73 Å². The third kappa shape index (κ3) is 8.88. The molecule has 1 heteroatoms. The van der Waals surface area contributed by atoms with Gasteiger partial charge in [0.2, 0.25) is 0 Å². The highest BCUT2D eigenvalue weighted by molar-refractivity contribution is 5.38. The van der Waals surface area contributed by atoms with E-state index in [1.165, 1.54) is 134 Å². The van der Waals surface area contributed by atoms with Crippen LogP contribution in [0.5, 0.6) is 0 Å². The monoisotopic (exact) mass is 373 g/mol. The summed E-state index contributed by atoms with van der Waals surface area (Å²) in [5, 5.41) is 0. The van der Waals surface area contributed by atoms with Crippen molar-refractivity contribution in [2.24, 2.45) is 5.73 Å². The van der Waals surface area contributed by atoms with E-state index in [-0.39, 0.29) is 0 Å². The summed E-state index contributed by atoms with van der Waals surface area (Å²) >= 11 is 0. The van der Waals surface area contributed by atoms with Gasteiger partial charge in [-0.25, -0.2) is 0 Å². The Kier molecular flexibility index (Phi) is 12.0. The summed E-state index contributed by atoms with van der Waals surface area (Å²) in [5.41, 5.74) is 13.1. The highest BCUT2D eigenvalue weighted by Crippen LogP contribution is 2.33. The molecule has 0 aliphatic heterocycles. The van der Waals surface area contributed by atoms with Crippen LogP contribution in [0.4, 0.5) is 0 Å². The number of rotatable bonds is 2. The second kappa shape index (κ2) is 14.3. The molecule has 0 saturated carbocycles. The van der Waals surface area contributed by atoms with Gasteiger partial charge in [-0.2, -0.15) is 0 Å². The van der Waals surface area contributed by atoms with Crippen LogP contribution in [0.3, 0.4) is 0 Å². The zero-order valence-corrected chi connectivity index (χ0v) is 18.4. The molecule has 0 aromatic rings. The SMILES string of the molecule is CC/C1=C(\C2=C(\N)CCCCCCCCC2)CCCCCCCCCCC1. The van der Waals surface area contributed by atoms with E-state index >= 15 is 0 Å². The third-order valence-electron chi connectivity index (χ3n) is 6.88. The Morgan fingerprint density at radius 2 is 0.852 bits per heavy atom. The van der Waals surface area contributed by atoms with Crippen molar-refractivity contribution >= 4 is 0 Å². The third-order valence-corrected chi connectivity index (χ3v) is 6.88. The molecular weight excluding hydrogens is 326 g/mol. The normalized spacial score (nSPS) is 29.1. The maximum Gasteiger partial charge on any atom is 0.0116 e. The molecule has 0 saturated heterocycles. The lowest BCUT2D eigenvalue weighted by molar-refractivity contribution is 0.562. The van der Waals surface area contributed by atoms with E-state index in [0.29, 0.717) is 0 Å². The van der Waals surface area contributed by atoms with E-state index in [2.05, 4.69) is 6.92 Å². The zero-order chi connectivity index (χ0) is 19.2. The first-order chi connectivity index (χ1) is 13.3. The number of allylic oxidation sites excluding steroid dienone is 4. The van der Waals surface area contributed by atoms with Crippen LogP contribution in [0.1, 0.15) is 142 Å². The minimum atomic E-state index is 1.13. The molecule has 0 spiro atoms. The molecule has 0 atom stereocenters. The van der Waals surface area contributed by atoms with Crippen LogP contribution < -0.4 is 5.73 Å². The molecule has 0 radical (unpaired) electrons. The average Bonchev–Trinajstić information content (AvgIpc) is 2.70. The lowest BCUT2D eigenvalue weighted by atomic mass is 9.86. The Labute approximate surface area is 170 Å². The lowest BCUT2D eigenvalue weighted by Crippen LogP contribution is -2.08. The molecule has 2 aliphatic rings. The summed E-state index contributed by atoms with van der Waals surface area (Å²) in [6.45, 7) is 2.38. The minimum absolute atomic E-state index is 1.13. The van der Waals surface area contributed by atoms with Crippen molar-refractivity contribution in [1.82, 2.24) is 0 Å². The van der Waals surface area contributed by atoms with Gasteiger partial charge in [0.1, 0.15) is 0 Å². The van der Waals surface area contributed by atoms with Gasteiger partial charge in [0.15, 0.2) is 0 Å². The fourth-order valence-corrected chi connectivity index (χ4v) is 5.12. The van der Waals surface area contributed by atoms with Gasteiger partial charge in [-0.1, -0.05) is 89.5 Å². The molecular formula is C26H47N. The van der Waals surface area contributed by atoms with Crippen LogP contribution in [-0.4, -0.2) is 0 Å². The molecule has 27 heavy (non-hydrogen) atoms. The maximum atomic E-state index is 6.75. The van der Waals surface area contributed by atoms with Crippen molar-refractivity contribution in [2.45, 2.75) is 142 Å². The Balaban J connectivity index is 2.21. The summed E-state index contributed by atoms with van der Waals surface area (Å²) in [6.07, 6.45) is 28.7. The lowest BCUT2D eigenvalue weighted by Gasteiger charge is -2.21. The molecule has 156 valence electrons. The predicted molar refractivity (Wildman–Crippen MR) is 121 cm³/mol. The van der Waals surface area contributed by atoms with Crippen LogP contribution in [0.2, 0.25) is 0 Å². The average molecular weight is 374 g/mol. The molecule has 2 aliphatic carbocycles. The molecule has 0 amide bonds. The molecule has 0 fully saturated rings. The van der Waals surface area contributed by atoms with Gasteiger partial charge in [-0.15, -0.1) is 0 Å². The summed E-state index contributed by atoms with van der Waals surface area (Å²) < 4.78 is 0. The van der Waals surface area contributed by atoms with Crippen molar-refractivity contribution in [3.63, 3.8) is 0 Å². The van der Waals surface area contributed by atoms with Gasteiger partial charge in [0.05, 0.1) is 0 Å². The van der Waals surface area contributed by atoms with Crippen molar-refractivity contribution in [2.75, 3.05) is 0 Å². The molecule has 2 rings (SSSR count). The molecule has 0 heterocycles. The highest BCUT2D eigenvalue weighted by Gasteiger charge is 2.15. The summed E-state index contributed by atoms with van der Waals surface area (Å²) in [4.78, 5) is 0. The Morgan fingerprint density at radius 3 is 1.33 bits per heavy atom. The first-order valence-electron chi connectivity index (χ1n) is 12.5. The van der Waals surface area contributed by atoms with E-state index in [1.54, 1.807) is 16.7 Å². The fraction of sp³-hybridized carbons (Fsp3) is 0.846. The molecule has 0 bridgehead atoms. The van der Waals surface area contributed by atoms with E-state index in [9.17, 15) is 0 Å². The van der Waals surface area contributed by atoms with Gasteiger partial charge in [0.25, 0.3) is 0 Å². The van der Waals surface area contributed by atoms with Gasteiger partial charge in [-0.05, 0) is 68.9 Å². The number of hydrogen-bond acceptors (Lipinski definition) is 1. The van der Waals surface area contributed by atoms with Gasteiger partial charge >= 0.3 is 0 Å². The predicted octanol–water partition coefficient (Wildman–Crippen LogP) is 8.74. The maximum absolute atomic E-state index is 6.75. The number of hydrogen-bond donors (Lipinski definition) is 1. The second-order valence-electron chi connectivity index (χ2n) is 9.10. The minimum Gasteiger partial charge on any atom is -0.402 e. The standard InChI is InChI=1S/C26H47N/c1-2-23-19-15-11-7-4-3-5-8-12-16-20-24(23)25-21-17-13-9-6-10-14-18-22-26(25)27/h2-22,27H2,1H3/b24-23+,26-25+. The summed E-state index contributed by atoms with van der Waals surface area (Å²) in [6, 6.07) is 0. The van der Waals surface area contributed by atoms with Crippen molar-refractivity contribution in [3.8, 4) is 0 Å². The summed E-state index contributed by atoms with van der Waals surface area (Å²) in [7, 11) is 0. The smallest absolute Gasteiger partial charge is 0.0116 e. The van der Waals surface area contributed by atoms with E-state index in [0.717, 1.165) is 6.42 Å². The van der Waals surface area contributed by atoms with Crippen molar-refractivity contribution in [3.05, 3.63) is 22.4 Å². The molecule has 1 nitrogen and oxygen atoms in total. The van der Waals surface area contributed by atoms with E-state index in [1.807, 2.05) is 0 Å². The Bertz CT molecular complexity index is 457. The van der Waals surface area contributed by atoms with Crippen molar-refractivity contribution < 1.29 is 0 Å². The molecule has 0 unspecified atom stereocenters. The molecule has 0 aromatic heterocycles. The fourth-order valence-electron chi connectivity index (χ4n) is 5.12. The van der Waals surface area contributed by atoms with Crippen LogP contribution in [0.15, 0.2) is 22.4 Å². The zero-order valence-electron chi connectivity index (χ0n) is 18.4. The Morgan fingerprint density at radius 1 is 0.481 bits per heavy atom. The van der Waals surface area contributed by atoms with Gasteiger partial charge in [0, 0.05) is 5.70 Å². The first kappa shape index (κ1) is 22.6. The highest BCUT2D eigenvalue weighted by atomic mass is 14.6. The van der Waals surface area contributed by atoms with E-state index < -0.39 is 0 Å². The topological polar surface area (TPSA) is 26.0 Å². The molecule has 2 N–H and O–H groups in total. The number of nitrogens with two attached hydrogens (primary N) is 1. The van der Waals surface area contributed by atoms with E-state index in [4.69, 9.17) is 5.73 Å². The second-order valence-corrected chi connectivity index (χ2v) is 9.10. The van der Waals surface area contributed by atoms with Crippen molar-refractivity contribution in [1.29, 1.82) is 0 Å². The van der Waals surface area contributed by atoms with Gasteiger partial charge in [-0.3, -0.25) is 0 Å². The largest absolute Gasteiger partial charge is 0.402 e. The first-order valence-corrected chi connectivity index (χ1v) is 12.5.